The van der Waals surface area contributed by atoms with E-state index < -0.39 is 27.7 Å². The molecule has 0 amide bonds. The molecular formula is C19H14F3N3O4S2. The van der Waals surface area contributed by atoms with Gasteiger partial charge in [0.2, 0.25) is 0 Å². The summed E-state index contributed by atoms with van der Waals surface area (Å²) in [4.78, 5) is 15.0. The normalized spacial score (nSPS) is 12.6. The lowest BCUT2D eigenvalue weighted by Gasteiger charge is -2.12. The van der Waals surface area contributed by atoms with Crippen molar-refractivity contribution in [3.63, 3.8) is 0 Å². The molecule has 0 bridgehead atoms. The molecule has 0 saturated carbocycles. The fourth-order valence-corrected chi connectivity index (χ4v) is 5.75. The van der Waals surface area contributed by atoms with Crippen LogP contribution < -0.4 is 5.73 Å². The first-order chi connectivity index (χ1) is 14.5. The van der Waals surface area contributed by atoms with Crippen LogP contribution in [0.2, 0.25) is 0 Å². The number of thiazole rings is 1. The average Bonchev–Trinajstić information content (AvgIpc) is 3.23. The quantitative estimate of drug-likeness (QED) is 0.455. The SMILES string of the molecule is Nc1nc2ccc(S(=O)(=O)n3c(CCC(=O)O)cc4cc(C(F)(F)F)ccc43)cc2s1. The molecule has 0 radical (unpaired) electrons. The Balaban J connectivity index is 1.93. The molecule has 0 fully saturated rings. The number of carboxylic acid groups (broad SMARTS) is 1. The fourth-order valence-electron chi connectivity index (χ4n) is 3.31. The molecule has 2 heterocycles. The second-order valence-corrected chi connectivity index (χ2v) is 9.60. The summed E-state index contributed by atoms with van der Waals surface area (Å²) >= 11 is 1.10. The van der Waals surface area contributed by atoms with Gasteiger partial charge in [0, 0.05) is 11.1 Å². The molecule has 162 valence electrons. The zero-order valence-corrected chi connectivity index (χ0v) is 17.2. The summed E-state index contributed by atoms with van der Waals surface area (Å²) < 4.78 is 67.7. The molecule has 12 heteroatoms. The van der Waals surface area contributed by atoms with Crippen LogP contribution in [0.1, 0.15) is 17.7 Å². The summed E-state index contributed by atoms with van der Waals surface area (Å²) in [6, 6.07) is 8.18. The number of aromatic nitrogens is 2. The van der Waals surface area contributed by atoms with Gasteiger partial charge in [0.25, 0.3) is 10.0 Å². The van der Waals surface area contributed by atoms with Crippen molar-refractivity contribution in [3.8, 4) is 0 Å². The molecule has 4 aromatic rings. The number of hydrogen-bond acceptors (Lipinski definition) is 6. The van der Waals surface area contributed by atoms with Crippen LogP contribution >= 0.6 is 11.3 Å². The molecule has 2 aromatic heterocycles. The molecule has 4 rings (SSSR count). The Bertz CT molecular complexity index is 1440. The van der Waals surface area contributed by atoms with Gasteiger partial charge < -0.3 is 10.8 Å². The van der Waals surface area contributed by atoms with Crippen molar-refractivity contribution in [1.29, 1.82) is 0 Å². The van der Waals surface area contributed by atoms with E-state index in [-0.39, 0.29) is 39.5 Å². The Hall–Kier alpha value is -3.12. The Morgan fingerprint density at radius 2 is 1.90 bits per heavy atom. The second-order valence-electron chi connectivity index (χ2n) is 6.75. The van der Waals surface area contributed by atoms with E-state index in [0.29, 0.717) is 10.2 Å². The van der Waals surface area contributed by atoms with E-state index in [0.717, 1.165) is 33.5 Å². The number of alkyl halides is 3. The predicted molar refractivity (Wildman–Crippen MR) is 110 cm³/mol. The molecule has 31 heavy (non-hydrogen) atoms. The third-order valence-corrected chi connectivity index (χ3v) is 7.28. The van der Waals surface area contributed by atoms with Crippen LogP contribution in [0.5, 0.6) is 0 Å². The molecule has 2 aromatic carbocycles. The van der Waals surface area contributed by atoms with Gasteiger partial charge in [-0.05, 0) is 48.9 Å². The summed E-state index contributed by atoms with van der Waals surface area (Å²) in [5, 5.41) is 9.31. The Morgan fingerprint density at radius 1 is 1.16 bits per heavy atom. The number of hydrogen-bond donors (Lipinski definition) is 2. The van der Waals surface area contributed by atoms with Crippen molar-refractivity contribution < 1.29 is 31.5 Å². The highest BCUT2D eigenvalue weighted by molar-refractivity contribution is 7.90. The van der Waals surface area contributed by atoms with Crippen molar-refractivity contribution in [1.82, 2.24) is 8.96 Å². The Labute approximate surface area is 177 Å². The van der Waals surface area contributed by atoms with Crippen LogP contribution in [-0.2, 0) is 27.4 Å². The number of nitrogens with zero attached hydrogens (tertiary/aromatic N) is 2. The largest absolute Gasteiger partial charge is 0.481 e. The molecule has 3 N–H and O–H groups in total. The molecule has 0 atom stereocenters. The van der Waals surface area contributed by atoms with Crippen molar-refractivity contribution in [2.75, 3.05) is 5.73 Å². The third-order valence-electron chi connectivity index (χ3n) is 4.67. The zero-order chi connectivity index (χ0) is 22.6. The molecule has 0 aliphatic carbocycles. The van der Waals surface area contributed by atoms with E-state index >= 15 is 0 Å². The van der Waals surface area contributed by atoms with E-state index in [4.69, 9.17) is 10.8 Å². The number of rotatable bonds is 5. The van der Waals surface area contributed by atoms with Crippen molar-refractivity contribution in [2.24, 2.45) is 0 Å². The zero-order valence-electron chi connectivity index (χ0n) is 15.5. The smallest absolute Gasteiger partial charge is 0.416 e. The molecule has 0 aliphatic heterocycles. The number of benzene rings is 2. The molecular weight excluding hydrogens is 455 g/mol. The molecule has 7 nitrogen and oxygen atoms in total. The fraction of sp³-hybridized carbons (Fsp3) is 0.158. The van der Waals surface area contributed by atoms with Gasteiger partial charge in [0.05, 0.1) is 32.6 Å². The van der Waals surface area contributed by atoms with Gasteiger partial charge in [-0.25, -0.2) is 17.4 Å². The first kappa shape index (κ1) is 21.1. The minimum absolute atomic E-state index is 0.0253. The molecule has 0 unspecified atom stereocenters. The maximum Gasteiger partial charge on any atom is 0.416 e. The number of nitrogen functional groups attached to an aromatic ring is 1. The van der Waals surface area contributed by atoms with E-state index in [1.807, 2.05) is 0 Å². The van der Waals surface area contributed by atoms with Gasteiger partial charge >= 0.3 is 12.1 Å². The standard InChI is InChI=1S/C19H14F3N3O4S2/c20-19(21,22)11-1-5-15-10(7-11)8-12(2-6-17(26)27)25(15)31(28,29)13-3-4-14-16(9-13)30-18(23)24-14/h1,3-5,7-9H,2,6H2,(H2,23,24)(H,26,27). The van der Waals surface area contributed by atoms with Crippen LogP contribution in [-0.4, -0.2) is 28.5 Å². The Kier molecular flexibility index (Phi) is 4.93. The maximum absolute atomic E-state index is 13.5. The monoisotopic (exact) mass is 469 g/mol. The summed E-state index contributed by atoms with van der Waals surface area (Å²) in [5.41, 5.74) is 5.34. The number of aliphatic carboxylic acids is 1. The lowest BCUT2D eigenvalue weighted by atomic mass is 10.1. The third kappa shape index (κ3) is 3.83. The van der Waals surface area contributed by atoms with Crippen LogP contribution in [0.15, 0.2) is 47.4 Å². The van der Waals surface area contributed by atoms with Gasteiger partial charge in [-0.2, -0.15) is 13.2 Å². The predicted octanol–water partition coefficient (Wildman–Crippen LogP) is 4.11. The number of halogens is 3. The number of anilines is 1. The van der Waals surface area contributed by atoms with Gasteiger partial charge in [-0.3, -0.25) is 4.79 Å². The van der Waals surface area contributed by atoms with Crippen LogP contribution in [0.4, 0.5) is 18.3 Å². The Morgan fingerprint density at radius 3 is 2.58 bits per heavy atom. The van der Waals surface area contributed by atoms with Crippen LogP contribution in [0.3, 0.4) is 0 Å². The van der Waals surface area contributed by atoms with E-state index in [2.05, 4.69) is 4.98 Å². The minimum atomic E-state index is -4.60. The van der Waals surface area contributed by atoms with E-state index in [9.17, 15) is 26.4 Å². The van der Waals surface area contributed by atoms with Gasteiger partial charge in [0.1, 0.15) is 0 Å². The molecule has 0 saturated heterocycles. The summed E-state index contributed by atoms with van der Waals surface area (Å²) in [7, 11) is -4.25. The van der Waals surface area contributed by atoms with Crippen molar-refractivity contribution in [2.45, 2.75) is 23.9 Å². The average molecular weight is 469 g/mol. The highest BCUT2D eigenvalue weighted by Gasteiger charge is 2.32. The lowest BCUT2D eigenvalue weighted by molar-refractivity contribution is -0.138. The van der Waals surface area contributed by atoms with Crippen molar-refractivity contribution >= 4 is 53.6 Å². The highest BCUT2D eigenvalue weighted by atomic mass is 32.2. The van der Waals surface area contributed by atoms with Gasteiger partial charge in [-0.1, -0.05) is 11.3 Å². The number of fused-ring (bicyclic) bond motifs is 2. The second kappa shape index (κ2) is 7.24. The first-order valence-electron chi connectivity index (χ1n) is 8.82. The summed E-state index contributed by atoms with van der Waals surface area (Å²) in [6.07, 6.45) is -5.17. The lowest BCUT2D eigenvalue weighted by Crippen LogP contribution is -2.16. The highest BCUT2D eigenvalue weighted by Crippen LogP contribution is 2.35. The van der Waals surface area contributed by atoms with Crippen LogP contribution in [0.25, 0.3) is 21.1 Å². The molecule has 0 spiro atoms. The van der Waals surface area contributed by atoms with Gasteiger partial charge in [0.15, 0.2) is 5.13 Å². The topological polar surface area (TPSA) is 115 Å². The number of carboxylic acids is 1. The number of carbonyl (C=O) groups is 1. The van der Waals surface area contributed by atoms with Crippen LogP contribution in [0, 0.1) is 0 Å². The van der Waals surface area contributed by atoms with Gasteiger partial charge in [-0.15, -0.1) is 0 Å². The summed E-state index contributed by atoms with van der Waals surface area (Å²) in [5.74, 6) is -1.16. The molecule has 0 aliphatic rings. The summed E-state index contributed by atoms with van der Waals surface area (Å²) in [6.45, 7) is 0. The van der Waals surface area contributed by atoms with Crippen molar-refractivity contribution in [3.05, 3.63) is 53.7 Å². The van der Waals surface area contributed by atoms with E-state index in [1.165, 1.54) is 24.3 Å². The first-order valence-corrected chi connectivity index (χ1v) is 11.1. The number of aryl methyl sites for hydroxylation is 1. The van der Waals surface area contributed by atoms with E-state index in [1.54, 1.807) is 0 Å². The maximum atomic E-state index is 13.5. The minimum Gasteiger partial charge on any atom is -0.481 e. The number of nitrogens with two attached hydrogens (primary N) is 1.